The average molecular weight is 304 g/mol. The Balaban J connectivity index is 1.95. The Labute approximate surface area is 129 Å². The fourth-order valence-electron chi connectivity index (χ4n) is 2.01. The van der Waals surface area contributed by atoms with Crippen LogP contribution in [0.2, 0.25) is 5.15 Å². The summed E-state index contributed by atoms with van der Waals surface area (Å²) in [5, 5.41) is 6.32. The van der Waals surface area contributed by atoms with Gasteiger partial charge in [0.2, 0.25) is 5.91 Å². The second-order valence-electron chi connectivity index (χ2n) is 4.85. The fourth-order valence-corrected chi connectivity index (χ4v) is 2.18. The lowest BCUT2D eigenvalue weighted by Gasteiger charge is -2.20. The van der Waals surface area contributed by atoms with E-state index in [2.05, 4.69) is 15.6 Å². The molecule has 0 saturated carbocycles. The zero-order chi connectivity index (χ0) is 15.2. The summed E-state index contributed by atoms with van der Waals surface area (Å²) in [7, 11) is 0. The number of aromatic nitrogens is 1. The molecule has 1 amide bonds. The third-order valence-corrected chi connectivity index (χ3v) is 3.51. The quantitative estimate of drug-likeness (QED) is 0.832. The predicted molar refractivity (Wildman–Crippen MR) is 85.3 cm³/mol. The van der Waals surface area contributed by atoms with Crippen molar-refractivity contribution in [2.45, 2.75) is 25.9 Å². The Bertz CT molecular complexity index is 603. The van der Waals surface area contributed by atoms with Crippen molar-refractivity contribution in [3.8, 4) is 0 Å². The highest BCUT2D eigenvalue weighted by molar-refractivity contribution is 6.32. The van der Waals surface area contributed by atoms with Crippen LogP contribution in [-0.2, 0) is 4.79 Å². The maximum atomic E-state index is 12.2. The zero-order valence-electron chi connectivity index (χ0n) is 12.0. The molecule has 0 bridgehead atoms. The van der Waals surface area contributed by atoms with Crippen LogP contribution in [0.15, 0.2) is 48.7 Å². The van der Waals surface area contributed by atoms with E-state index in [4.69, 9.17) is 11.6 Å². The number of nitrogens with one attached hydrogen (secondary N) is 2. The van der Waals surface area contributed by atoms with Crippen molar-refractivity contribution in [3.63, 3.8) is 0 Å². The Morgan fingerprint density at radius 2 is 1.86 bits per heavy atom. The molecule has 0 radical (unpaired) electrons. The molecule has 4 nitrogen and oxygen atoms in total. The lowest BCUT2D eigenvalue weighted by atomic mass is 10.1. The van der Waals surface area contributed by atoms with Crippen molar-refractivity contribution in [3.05, 3.63) is 59.4 Å². The summed E-state index contributed by atoms with van der Waals surface area (Å²) < 4.78 is 0. The van der Waals surface area contributed by atoms with Crippen LogP contribution in [0.5, 0.6) is 0 Å². The minimum Gasteiger partial charge on any atom is -0.322 e. The van der Waals surface area contributed by atoms with E-state index in [9.17, 15) is 4.79 Å². The average Bonchev–Trinajstić information content (AvgIpc) is 2.50. The predicted octanol–water partition coefficient (Wildman–Crippen LogP) is 3.41. The highest BCUT2D eigenvalue weighted by atomic mass is 35.5. The van der Waals surface area contributed by atoms with Crippen LogP contribution in [-0.4, -0.2) is 16.9 Å². The molecular formula is C16H18ClN3O. The van der Waals surface area contributed by atoms with E-state index in [1.165, 1.54) is 0 Å². The maximum absolute atomic E-state index is 12.2. The normalized spacial score (nSPS) is 13.5. The summed E-state index contributed by atoms with van der Waals surface area (Å²) in [6.07, 6.45) is 1.58. The van der Waals surface area contributed by atoms with Crippen LogP contribution in [0.4, 0.5) is 5.69 Å². The minimum absolute atomic E-state index is 0.0799. The molecule has 0 aliphatic carbocycles. The van der Waals surface area contributed by atoms with E-state index in [0.717, 1.165) is 5.56 Å². The second-order valence-corrected chi connectivity index (χ2v) is 5.21. The van der Waals surface area contributed by atoms with Gasteiger partial charge in [0.25, 0.3) is 0 Å². The van der Waals surface area contributed by atoms with Gasteiger partial charge in [-0.3, -0.25) is 10.1 Å². The molecule has 2 atom stereocenters. The molecular weight excluding hydrogens is 286 g/mol. The summed E-state index contributed by atoms with van der Waals surface area (Å²) in [4.78, 5) is 16.1. The number of halogens is 1. The number of carbonyl (C=O) groups excluding carboxylic acids is 1. The van der Waals surface area contributed by atoms with Gasteiger partial charge in [-0.15, -0.1) is 0 Å². The van der Waals surface area contributed by atoms with Crippen LogP contribution in [0.25, 0.3) is 0 Å². The molecule has 2 aromatic rings. The molecule has 21 heavy (non-hydrogen) atoms. The number of benzene rings is 1. The van der Waals surface area contributed by atoms with Crippen LogP contribution in [0.1, 0.15) is 25.5 Å². The lowest BCUT2D eigenvalue weighted by molar-refractivity contribution is -0.117. The first-order valence-electron chi connectivity index (χ1n) is 6.80. The van der Waals surface area contributed by atoms with Gasteiger partial charge in [-0.25, -0.2) is 4.98 Å². The van der Waals surface area contributed by atoms with Gasteiger partial charge in [0, 0.05) is 12.2 Å². The van der Waals surface area contributed by atoms with Crippen molar-refractivity contribution in [1.82, 2.24) is 10.3 Å². The van der Waals surface area contributed by atoms with E-state index in [0.29, 0.717) is 5.69 Å². The lowest BCUT2D eigenvalue weighted by Crippen LogP contribution is -2.39. The molecule has 2 rings (SSSR count). The molecule has 0 unspecified atom stereocenters. The van der Waals surface area contributed by atoms with Gasteiger partial charge in [-0.2, -0.15) is 0 Å². The molecule has 0 saturated heterocycles. The number of nitrogens with zero attached hydrogens (tertiary/aromatic N) is 1. The Morgan fingerprint density at radius 3 is 2.52 bits per heavy atom. The first kappa shape index (κ1) is 15.5. The van der Waals surface area contributed by atoms with E-state index in [1.807, 2.05) is 44.2 Å². The summed E-state index contributed by atoms with van der Waals surface area (Å²) >= 11 is 5.93. The third kappa shape index (κ3) is 4.28. The molecule has 1 aromatic carbocycles. The van der Waals surface area contributed by atoms with Gasteiger partial charge in [0.1, 0.15) is 0 Å². The number of amides is 1. The molecule has 110 valence electrons. The largest absolute Gasteiger partial charge is 0.322 e. The van der Waals surface area contributed by atoms with E-state index in [1.54, 1.807) is 18.3 Å². The van der Waals surface area contributed by atoms with Crippen molar-refractivity contribution in [1.29, 1.82) is 0 Å². The third-order valence-electron chi connectivity index (χ3n) is 3.21. The van der Waals surface area contributed by atoms with E-state index < -0.39 is 0 Å². The number of pyridine rings is 1. The minimum atomic E-state index is -0.350. The van der Waals surface area contributed by atoms with Gasteiger partial charge in [0.15, 0.2) is 5.15 Å². The number of hydrogen-bond donors (Lipinski definition) is 2. The fraction of sp³-hybridized carbons (Fsp3) is 0.250. The molecule has 1 heterocycles. The van der Waals surface area contributed by atoms with Gasteiger partial charge in [-0.05, 0) is 31.5 Å². The Morgan fingerprint density at radius 1 is 1.14 bits per heavy atom. The Kier molecular flexibility index (Phi) is 5.31. The van der Waals surface area contributed by atoms with Crippen molar-refractivity contribution >= 4 is 23.2 Å². The highest BCUT2D eigenvalue weighted by Gasteiger charge is 2.17. The molecule has 0 fully saturated rings. The summed E-state index contributed by atoms with van der Waals surface area (Å²) in [5.41, 5.74) is 1.65. The molecule has 0 aliphatic rings. The first-order valence-corrected chi connectivity index (χ1v) is 7.18. The van der Waals surface area contributed by atoms with Gasteiger partial charge in [-0.1, -0.05) is 41.9 Å². The zero-order valence-corrected chi connectivity index (χ0v) is 12.8. The van der Waals surface area contributed by atoms with E-state index in [-0.39, 0.29) is 23.1 Å². The van der Waals surface area contributed by atoms with Gasteiger partial charge in [0.05, 0.1) is 11.7 Å². The van der Waals surface area contributed by atoms with Crippen molar-refractivity contribution in [2.24, 2.45) is 0 Å². The summed E-state index contributed by atoms with van der Waals surface area (Å²) in [6.45, 7) is 3.84. The van der Waals surface area contributed by atoms with Crippen molar-refractivity contribution < 1.29 is 4.79 Å². The Hall–Kier alpha value is -1.91. The summed E-state index contributed by atoms with van der Waals surface area (Å²) in [5.74, 6) is -0.146. The van der Waals surface area contributed by atoms with Gasteiger partial charge >= 0.3 is 0 Å². The topological polar surface area (TPSA) is 54.0 Å². The number of anilines is 1. The monoisotopic (exact) mass is 303 g/mol. The standard InChI is InChI=1S/C16H18ClN3O/c1-11(13-7-4-3-5-8-13)19-12(2)16(21)20-14-9-6-10-18-15(14)17/h3-12,19H,1-2H3,(H,20,21)/t11-,12-/m1/s1. The smallest absolute Gasteiger partial charge is 0.241 e. The number of hydrogen-bond acceptors (Lipinski definition) is 3. The molecule has 1 aromatic heterocycles. The SMILES string of the molecule is C[C@@H](N[C@H](C)c1ccccc1)C(=O)Nc1cccnc1Cl. The van der Waals surface area contributed by atoms with Crippen molar-refractivity contribution in [2.75, 3.05) is 5.32 Å². The van der Waals surface area contributed by atoms with Gasteiger partial charge < -0.3 is 5.32 Å². The number of rotatable bonds is 5. The second kappa shape index (κ2) is 7.20. The highest BCUT2D eigenvalue weighted by Crippen LogP contribution is 2.18. The van der Waals surface area contributed by atoms with Crippen LogP contribution < -0.4 is 10.6 Å². The maximum Gasteiger partial charge on any atom is 0.241 e. The van der Waals surface area contributed by atoms with Crippen LogP contribution in [0.3, 0.4) is 0 Å². The summed E-state index contributed by atoms with van der Waals surface area (Å²) in [6, 6.07) is 13.2. The molecule has 0 aliphatic heterocycles. The number of carbonyl (C=O) groups is 1. The molecule has 0 spiro atoms. The first-order chi connectivity index (χ1) is 10.1. The van der Waals surface area contributed by atoms with Crippen LogP contribution in [0, 0.1) is 0 Å². The molecule has 5 heteroatoms. The van der Waals surface area contributed by atoms with Crippen LogP contribution >= 0.6 is 11.6 Å². The van der Waals surface area contributed by atoms with E-state index >= 15 is 0 Å². The molecule has 2 N–H and O–H groups in total.